The zero-order chi connectivity index (χ0) is 15.5. The lowest BCUT2D eigenvalue weighted by molar-refractivity contribution is -0.138. The molecule has 1 aromatic rings. The molecule has 20 heavy (non-hydrogen) atoms. The van der Waals surface area contributed by atoms with Crippen LogP contribution in [-0.4, -0.2) is 28.8 Å². The molecule has 0 fully saturated rings. The van der Waals surface area contributed by atoms with Crippen LogP contribution in [0.25, 0.3) is 0 Å². The molecule has 0 aliphatic carbocycles. The number of carbonyl (C=O) groups is 1. The van der Waals surface area contributed by atoms with E-state index in [4.69, 9.17) is 0 Å². The number of hydrogen-bond donors (Lipinski definition) is 3. The van der Waals surface area contributed by atoms with Gasteiger partial charge in [-0.05, 0) is 24.1 Å². The van der Waals surface area contributed by atoms with Crippen LogP contribution in [0.3, 0.4) is 0 Å². The molecule has 0 spiro atoms. The number of aliphatic hydroxyl groups excluding tert-OH is 2. The summed E-state index contributed by atoms with van der Waals surface area (Å²) in [5.41, 5.74) is -0.883. The molecule has 3 N–H and O–H groups in total. The molecule has 7 heteroatoms. The van der Waals surface area contributed by atoms with E-state index in [1.165, 1.54) is 26.0 Å². The van der Waals surface area contributed by atoms with E-state index in [9.17, 15) is 28.2 Å². The number of halogens is 3. The molecule has 0 saturated carbocycles. The van der Waals surface area contributed by atoms with Gasteiger partial charge in [-0.3, -0.25) is 4.79 Å². The molecule has 0 saturated heterocycles. The fraction of sp³-hybridized carbons (Fsp3) is 0.462. The summed E-state index contributed by atoms with van der Waals surface area (Å²) in [6.45, 7) is 2.30. The standard InChI is InChI=1S/C13H16F3NO3/c1-7-3-4-9(5-10(7)13(14,15)16)12(20)11(19)6-17-8(2)18/h3-5,11-12,19-20H,6H2,1-2H3,(H,17,18). The van der Waals surface area contributed by atoms with Gasteiger partial charge in [0.15, 0.2) is 0 Å². The molecule has 2 unspecified atom stereocenters. The number of alkyl halides is 3. The highest BCUT2D eigenvalue weighted by Crippen LogP contribution is 2.33. The van der Waals surface area contributed by atoms with Crippen LogP contribution < -0.4 is 5.32 Å². The molecule has 112 valence electrons. The Hall–Kier alpha value is -1.60. The third-order valence-electron chi connectivity index (χ3n) is 2.83. The van der Waals surface area contributed by atoms with Gasteiger partial charge in [-0.25, -0.2) is 0 Å². The Labute approximate surface area is 114 Å². The number of benzene rings is 1. The van der Waals surface area contributed by atoms with Gasteiger partial charge in [0, 0.05) is 13.5 Å². The number of hydrogen-bond acceptors (Lipinski definition) is 3. The fourth-order valence-corrected chi connectivity index (χ4v) is 1.71. The first-order chi connectivity index (χ1) is 9.12. The predicted octanol–water partition coefficient (Wildman–Crippen LogP) is 1.54. The van der Waals surface area contributed by atoms with Gasteiger partial charge in [0.2, 0.25) is 5.91 Å². The maximum atomic E-state index is 12.7. The van der Waals surface area contributed by atoms with Crippen molar-refractivity contribution < 1.29 is 28.2 Å². The van der Waals surface area contributed by atoms with E-state index in [0.717, 1.165) is 6.07 Å². The van der Waals surface area contributed by atoms with Crippen molar-refractivity contribution in [3.63, 3.8) is 0 Å². The second-order valence-electron chi connectivity index (χ2n) is 4.52. The Morgan fingerprint density at radius 3 is 2.45 bits per heavy atom. The van der Waals surface area contributed by atoms with E-state index >= 15 is 0 Å². The highest BCUT2D eigenvalue weighted by Gasteiger charge is 2.33. The van der Waals surface area contributed by atoms with E-state index in [-0.39, 0.29) is 17.7 Å². The third-order valence-corrected chi connectivity index (χ3v) is 2.83. The molecule has 1 aromatic carbocycles. The van der Waals surface area contributed by atoms with Crippen molar-refractivity contribution in [1.29, 1.82) is 0 Å². The molecular weight excluding hydrogens is 275 g/mol. The monoisotopic (exact) mass is 291 g/mol. The van der Waals surface area contributed by atoms with Crippen LogP contribution in [0.1, 0.15) is 29.7 Å². The zero-order valence-electron chi connectivity index (χ0n) is 11.0. The summed E-state index contributed by atoms with van der Waals surface area (Å²) < 4.78 is 38.2. The molecule has 0 bridgehead atoms. The Kier molecular flexibility index (Phi) is 5.13. The zero-order valence-corrected chi connectivity index (χ0v) is 11.0. The number of rotatable bonds is 4. The maximum absolute atomic E-state index is 12.7. The Morgan fingerprint density at radius 1 is 1.35 bits per heavy atom. The molecule has 1 amide bonds. The highest BCUT2D eigenvalue weighted by atomic mass is 19.4. The van der Waals surface area contributed by atoms with Gasteiger partial charge in [-0.15, -0.1) is 0 Å². The highest BCUT2D eigenvalue weighted by molar-refractivity contribution is 5.72. The molecule has 0 heterocycles. The van der Waals surface area contributed by atoms with Gasteiger partial charge in [-0.2, -0.15) is 13.2 Å². The van der Waals surface area contributed by atoms with Gasteiger partial charge in [-0.1, -0.05) is 12.1 Å². The van der Waals surface area contributed by atoms with Crippen LogP contribution in [0.15, 0.2) is 18.2 Å². The summed E-state index contributed by atoms with van der Waals surface area (Å²) in [4.78, 5) is 10.7. The Morgan fingerprint density at radius 2 is 1.95 bits per heavy atom. The Balaban J connectivity index is 2.94. The minimum Gasteiger partial charge on any atom is -0.388 e. The second-order valence-corrected chi connectivity index (χ2v) is 4.52. The number of aliphatic hydroxyl groups is 2. The van der Waals surface area contributed by atoms with E-state index < -0.39 is 29.9 Å². The molecule has 4 nitrogen and oxygen atoms in total. The number of aryl methyl sites for hydroxylation is 1. The van der Waals surface area contributed by atoms with E-state index in [1.54, 1.807) is 0 Å². The molecule has 1 rings (SSSR count). The third kappa shape index (κ3) is 4.21. The van der Waals surface area contributed by atoms with E-state index in [2.05, 4.69) is 5.32 Å². The minimum absolute atomic E-state index is 0.0322. The quantitative estimate of drug-likeness (QED) is 0.788. The summed E-state index contributed by atoms with van der Waals surface area (Å²) in [7, 11) is 0. The van der Waals surface area contributed by atoms with Crippen molar-refractivity contribution in [2.24, 2.45) is 0 Å². The lowest BCUT2D eigenvalue weighted by Crippen LogP contribution is -2.34. The van der Waals surface area contributed by atoms with Gasteiger partial charge in [0.05, 0.1) is 5.56 Å². The fourth-order valence-electron chi connectivity index (χ4n) is 1.71. The normalized spacial score (nSPS) is 14.8. The molecule has 0 aromatic heterocycles. The molecule has 0 aliphatic rings. The van der Waals surface area contributed by atoms with Crippen molar-refractivity contribution in [3.05, 3.63) is 34.9 Å². The predicted molar refractivity (Wildman–Crippen MR) is 65.8 cm³/mol. The van der Waals surface area contributed by atoms with Gasteiger partial charge in [0.25, 0.3) is 0 Å². The number of amides is 1. The number of carbonyl (C=O) groups excluding carboxylic acids is 1. The maximum Gasteiger partial charge on any atom is 0.416 e. The number of nitrogens with one attached hydrogen (secondary N) is 1. The van der Waals surface area contributed by atoms with Crippen molar-refractivity contribution in [2.45, 2.75) is 32.2 Å². The van der Waals surface area contributed by atoms with Crippen LogP contribution >= 0.6 is 0 Å². The second kappa shape index (κ2) is 6.23. The van der Waals surface area contributed by atoms with Crippen LogP contribution in [0.4, 0.5) is 13.2 Å². The molecular formula is C13H16F3NO3. The summed E-state index contributed by atoms with van der Waals surface area (Å²) >= 11 is 0. The van der Waals surface area contributed by atoms with Crippen LogP contribution in [-0.2, 0) is 11.0 Å². The molecule has 0 aliphatic heterocycles. The minimum atomic E-state index is -4.53. The van der Waals surface area contributed by atoms with Crippen molar-refractivity contribution in [2.75, 3.05) is 6.54 Å². The lowest BCUT2D eigenvalue weighted by Gasteiger charge is -2.20. The summed E-state index contributed by atoms with van der Waals surface area (Å²) in [6.07, 6.45) is -7.42. The SMILES string of the molecule is CC(=O)NCC(O)C(O)c1ccc(C)c(C(F)(F)F)c1. The average Bonchev–Trinajstić information content (AvgIpc) is 2.34. The van der Waals surface area contributed by atoms with E-state index in [1.807, 2.05) is 0 Å². The van der Waals surface area contributed by atoms with Crippen molar-refractivity contribution in [3.8, 4) is 0 Å². The molecule has 0 radical (unpaired) electrons. The first kappa shape index (κ1) is 16.5. The van der Waals surface area contributed by atoms with Crippen molar-refractivity contribution >= 4 is 5.91 Å². The summed E-state index contributed by atoms with van der Waals surface area (Å²) in [5, 5.41) is 21.7. The first-order valence-electron chi connectivity index (χ1n) is 5.91. The topological polar surface area (TPSA) is 69.6 Å². The van der Waals surface area contributed by atoms with Crippen LogP contribution in [0.5, 0.6) is 0 Å². The van der Waals surface area contributed by atoms with Gasteiger partial charge >= 0.3 is 6.18 Å². The first-order valence-corrected chi connectivity index (χ1v) is 5.91. The van der Waals surface area contributed by atoms with Crippen LogP contribution in [0.2, 0.25) is 0 Å². The summed E-state index contributed by atoms with van der Waals surface area (Å²) in [6, 6.07) is 3.34. The lowest BCUT2D eigenvalue weighted by atomic mass is 9.98. The van der Waals surface area contributed by atoms with Crippen LogP contribution in [0, 0.1) is 6.92 Å². The van der Waals surface area contributed by atoms with Crippen molar-refractivity contribution in [1.82, 2.24) is 5.32 Å². The van der Waals surface area contributed by atoms with Gasteiger partial charge < -0.3 is 15.5 Å². The molecule has 2 atom stereocenters. The van der Waals surface area contributed by atoms with Gasteiger partial charge in [0.1, 0.15) is 12.2 Å². The van der Waals surface area contributed by atoms with E-state index in [0.29, 0.717) is 0 Å². The largest absolute Gasteiger partial charge is 0.416 e. The average molecular weight is 291 g/mol. The Bertz CT molecular complexity index is 488. The summed E-state index contributed by atoms with van der Waals surface area (Å²) in [5.74, 6) is -0.406. The smallest absolute Gasteiger partial charge is 0.388 e.